The minimum absolute atomic E-state index is 0.237. The van der Waals surface area contributed by atoms with Gasteiger partial charge in [0.25, 0.3) is 0 Å². The zero-order valence-electron chi connectivity index (χ0n) is 18.1. The molecule has 1 saturated carbocycles. The lowest BCUT2D eigenvalue weighted by molar-refractivity contribution is 0.434. The molecule has 1 aromatic carbocycles. The number of hydrogen-bond donors (Lipinski definition) is 2. The number of hydrogen-bond acceptors (Lipinski definition) is 7. The first kappa shape index (κ1) is 19.4. The van der Waals surface area contributed by atoms with Crippen LogP contribution in [0.3, 0.4) is 0 Å². The van der Waals surface area contributed by atoms with Gasteiger partial charge in [-0.25, -0.2) is 4.39 Å². The van der Waals surface area contributed by atoms with Gasteiger partial charge in [-0.3, -0.25) is 4.98 Å². The van der Waals surface area contributed by atoms with Gasteiger partial charge in [0.15, 0.2) is 0 Å². The van der Waals surface area contributed by atoms with Gasteiger partial charge in [0, 0.05) is 49.5 Å². The third-order valence-electron chi connectivity index (χ3n) is 6.97. The molecule has 164 valence electrons. The highest BCUT2D eigenvalue weighted by Crippen LogP contribution is 2.49. The van der Waals surface area contributed by atoms with Crippen molar-refractivity contribution in [3.8, 4) is 22.9 Å². The summed E-state index contributed by atoms with van der Waals surface area (Å²) in [6, 6.07) is 5.90. The van der Waals surface area contributed by atoms with Gasteiger partial charge in [-0.05, 0) is 60.6 Å². The molecular formula is C24H25FN6O. The molecule has 2 aromatic heterocycles. The smallest absolute Gasteiger partial charge is 0.324 e. The van der Waals surface area contributed by atoms with Crippen LogP contribution < -0.4 is 20.7 Å². The highest BCUT2D eigenvalue weighted by atomic mass is 19.1. The molecule has 3 heterocycles. The number of nitrogens with zero attached hydrogens (tertiary/aromatic N) is 4. The van der Waals surface area contributed by atoms with Crippen molar-refractivity contribution in [1.82, 2.24) is 15.0 Å². The topological polar surface area (TPSA) is 89.2 Å². The van der Waals surface area contributed by atoms with Crippen LogP contribution in [0, 0.1) is 18.7 Å². The number of aromatic nitrogens is 3. The minimum Gasteiger partial charge on any atom is -0.423 e. The van der Waals surface area contributed by atoms with Crippen LogP contribution in [0.4, 0.5) is 15.9 Å². The van der Waals surface area contributed by atoms with E-state index in [1.165, 1.54) is 6.07 Å². The fourth-order valence-electron chi connectivity index (χ4n) is 5.51. The van der Waals surface area contributed by atoms with Gasteiger partial charge in [0.2, 0.25) is 0 Å². The van der Waals surface area contributed by atoms with Crippen LogP contribution >= 0.6 is 0 Å². The Hall–Kier alpha value is -3.26. The average molecular weight is 433 g/mol. The van der Waals surface area contributed by atoms with Crippen molar-refractivity contribution >= 4 is 11.5 Å². The quantitative estimate of drug-likeness (QED) is 0.509. The van der Waals surface area contributed by atoms with Crippen LogP contribution in [-0.4, -0.2) is 40.6 Å². The molecule has 6 rings (SSSR count). The number of fused-ring (bicyclic) bond motifs is 5. The van der Waals surface area contributed by atoms with Crippen LogP contribution in [0.5, 0.6) is 11.8 Å². The number of benzene rings is 1. The van der Waals surface area contributed by atoms with Crippen molar-refractivity contribution in [2.24, 2.45) is 11.7 Å². The molecule has 2 aliphatic carbocycles. The zero-order chi connectivity index (χ0) is 22.0. The molecule has 3 aliphatic rings. The lowest BCUT2D eigenvalue weighted by atomic mass is 10.0. The van der Waals surface area contributed by atoms with Gasteiger partial charge in [-0.1, -0.05) is 0 Å². The lowest BCUT2D eigenvalue weighted by Gasteiger charge is -2.32. The highest BCUT2D eigenvalue weighted by Gasteiger charge is 2.45. The Bertz CT molecular complexity index is 1230. The molecule has 2 bridgehead atoms. The summed E-state index contributed by atoms with van der Waals surface area (Å²) in [6.07, 6.45) is 6.04. The molecule has 0 spiro atoms. The van der Waals surface area contributed by atoms with Gasteiger partial charge >= 0.3 is 6.01 Å². The zero-order valence-corrected chi connectivity index (χ0v) is 18.1. The van der Waals surface area contributed by atoms with E-state index in [4.69, 9.17) is 20.4 Å². The standard InChI is InChI=1S/C24H25FN6O/c1-12-3-16(10-28-9-12)32-24-29-21-8-17-18(5-14(25)6-20(17)27-2)22(21)23(30-24)31-11-13-4-15(31)7-19(13)26/h3,5-6,9-10,13,15,19,27H,4,7-8,11,26H2,1-2H3/t13-,15-,19-/m1/s1. The van der Waals surface area contributed by atoms with Gasteiger partial charge in [0.05, 0.1) is 11.9 Å². The second-order valence-electron chi connectivity index (χ2n) is 9.06. The van der Waals surface area contributed by atoms with E-state index in [0.29, 0.717) is 24.1 Å². The number of ether oxygens (including phenoxy) is 1. The number of aryl methyl sites for hydroxylation is 1. The maximum Gasteiger partial charge on any atom is 0.324 e. The molecule has 8 heteroatoms. The summed E-state index contributed by atoms with van der Waals surface area (Å²) >= 11 is 0. The lowest BCUT2D eigenvalue weighted by Crippen LogP contribution is -2.41. The monoisotopic (exact) mass is 432 g/mol. The van der Waals surface area contributed by atoms with Gasteiger partial charge in [-0.15, -0.1) is 0 Å². The van der Waals surface area contributed by atoms with E-state index in [2.05, 4.69) is 15.2 Å². The predicted molar refractivity (Wildman–Crippen MR) is 121 cm³/mol. The van der Waals surface area contributed by atoms with E-state index in [9.17, 15) is 4.39 Å². The number of piperidine rings is 1. The second kappa shape index (κ2) is 7.13. The Morgan fingerprint density at radius 3 is 2.78 bits per heavy atom. The first-order chi connectivity index (χ1) is 15.5. The fourth-order valence-corrected chi connectivity index (χ4v) is 5.51. The summed E-state index contributed by atoms with van der Waals surface area (Å²) in [5, 5.41) is 3.13. The molecule has 0 amide bonds. The summed E-state index contributed by atoms with van der Waals surface area (Å²) in [6.45, 7) is 2.81. The van der Waals surface area contributed by atoms with Crippen molar-refractivity contribution in [3.63, 3.8) is 0 Å². The van der Waals surface area contributed by atoms with E-state index in [1.807, 2.05) is 20.0 Å². The Morgan fingerprint density at radius 2 is 2.06 bits per heavy atom. The summed E-state index contributed by atoms with van der Waals surface area (Å²) in [7, 11) is 1.81. The number of rotatable bonds is 4. The molecule has 7 nitrogen and oxygen atoms in total. The normalized spacial score (nSPS) is 22.8. The first-order valence-corrected chi connectivity index (χ1v) is 11.0. The number of nitrogens with two attached hydrogens (primary N) is 1. The van der Waals surface area contributed by atoms with Crippen LogP contribution in [0.2, 0.25) is 0 Å². The summed E-state index contributed by atoms with van der Waals surface area (Å²) < 4.78 is 20.5. The van der Waals surface area contributed by atoms with Crippen molar-refractivity contribution in [2.45, 2.75) is 38.3 Å². The summed E-state index contributed by atoms with van der Waals surface area (Å²) in [5.41, 5.74) is 11.7. The first-order valence-electron chi connectivity index (χ1n) is 11.0. The molecule has 1 aliphatic heterocycles. The second-order valence-corrected chi connectivity index (χ2v) is 9.06. The predicted octanol–water partition coefficient (Wildman–Crippen LogP) is 3.65. The third-order valence-corrected chi connectivity index (χ3v) is 6.97. The van der Waals surface area contributed by atoms with Crippen LogP contribution in [0.15, 0.2) is 30.6 Å². The molecule has 0 unspecified atom stereocenters. The van der Waals surface area contributed by atoms with E-state index in [0.717, 1.165) is 58.8 Å². The molecule has 3 aromatic rings. The van der Waals surface area contributed by atoms with Crippen molar-refractivity contribution in [1.29, 1.82) is 0 Å². The van der Waals surface area contributed by atoms with E-state index >= 15 is 0 Å². The van der Waals surface area contributed by atoms with E-state index in [1.54, 1.807) is 18.5 Å². The van der Waals surface area contributed by atoms with Crippen molar-refractivity contribution in [3.05, 3.63) is 53.2 Å². The van der Waals surface area contributed by atoms with E-state index in [-0.39, 0.29) is 17.9 Å². The molecular weight excluding hydrogens is 407 g/mol. The Morgan fingerprint density at radius 1 is 1.19 bits per heavy atom. The molecule has 32 heavy (non-hydrogen) atoms. The van der Waals surface area contributed by atoms with Crippen LogP contribution in [-0.2, 0) is 6.42 Å². The highest BCUT2D eigenvalue weighted by molar-refractivity contribution is 5.88. The van der Waals surface area contributed by atoms with Gasteiger partial charge < -0.3 is 20.7 Å². The average Bonchev–Trinajstić information content (AvgIpc) is 3.44. The van der Waals surface area contributed by atoms with Crippen molar-refractivity contribution < 1.29 is 9.13 Å². The maximum absolute atomic E-state index is 14.5. The van der Waals surface area contributed by atoms with Crippen LogP contribution in [0.1, 0.15) is 29.7 Å². The Labute approximate surface area is 185 Å². The molecule has 2 fully saturated rings. The number of nitrogens with one attached hydrogen (secondary N) is 1. The molecule has 3 N–H and O–H groups in total. The molecule has 3 atom stereocenters. The van der Waals surface area contributed by atoms with Gasteiger partial charge in [-0.2, -0.15) is 9.97 Å². The molecule has 1 saturated heterocycles. The summed E-state index contributed by atoms with van der Waals surface area (Å²) in [5.74, 6) is 1.59. The maximum atomic E-state index is 14.5. The fraction of sp³-hybridized carbons (Fsp3) is 0.375. The Balaban J connectivity index is 1.49. The minimum atomic E-state index is -0.275. The number of pyridine rings is 1. The third kappa shape index (κ3) is 3.01. The largest absolute Gasteiger partial charge is 0.423 e. The van der Waals surface area contributed by atoms with Crippen molar-refractivity contribution in [2.75, 3.05) is 23.8 Å². The summed E-state index contributed by atoms with van der Waals surface area (Å²) in [4.78, 5) is 16.1. The van der Waals surface area contributed by atoms with Gasteiger partial charge in [0.1, 0.15) is 17.4 Å². The van der Waals surface area contributed by atoms with E-state index < -0.39 is 0 Å². The SMILES string of the molecule is CNc1cc(F)cc2c1Cc1nc(Oc3cncc(C)c3)nc(N3C[C@H]4C[C@@H]3C[C@H]4N)c1-2. The van der Waals surface area contributed by atoms with Crippen LogP contribution in [0.25, 0.3) is 11.1 Å². The number of anilines is 2. The Kier molecular flexibility index (Phi) is 4.33. The molecule has 0 radical (unpaired) electrons. The number of halogens is 1.